The Morgan fingerprint density at radius 2 is 1.89 bits per heavy atom. The molecule has 3 heterocycles. The summed E-state index contributed by atoms with van der Waals surface area (Å²) >= 11 is 0. The topological polar surface area (TPSA) is 128 Å². The molecule has 38 heavy (non-hydrogen) atoms. The number of amides is 2. The van der Waals surface area contributed by atoms with E-state index in [0.717, 1.165) is 0 Å². The second kappa shape index (κ2) is 11.1. The molecule has 1 aliphatic heterocycles. The summed E-state index contributed by atoms with van der Waals surface area (Å²) in [4.78, 5) is 34.3. The Hall–Kier alpha value is -4.09. The van der Waals surface area contributed by atoms with Gasteiger partial charge in [-0.05, 0) is 57.2 Å². The van der Waals surface area contributed by atoms with Crippen molar-refractivity contribution in [1.29, 1.82) is 0 Å². The maximum atomic E-state index is 13.2. The third kappa shape index (κ3) is 6.06. The van der Waals surface area contributed by atoms with Gasteiger partial charge in [-0.2, -0.15) is 4.73 Å². The quantitative estimate of drug-likeness (QED) is 0.361. The number of ether oxygens (including phenoxy) is 1. The van der Waals surface area contributed by atoms with E-state index in [4.69, 9.17) is 10.5 Å². The molecule has 0 saturated carbocycles. The molecule has 10 nitrogen and oxygen atoms in total. The minimum atomic E-state index is -0.562. The van der Waals surface area contributed by atoms with Gasteiger partial charge < -0.3 is 25.9 Å². The van der Waals surface area contributed by atoms with Crippen LogP contribution in [-0.4, -0.2) is 57.8 Å². The van der Waals surface area contributed by atoms with Crippen LogP contribution in [0, 0.1) is 11.0 Å². The number of halogens is 1. The number of piperazine rings is 1. The molecule has 0 aliphatic carbocycles. The van der Waals surface area contributed by atoms with Crippen molar-refractivity contribution in [3.05, 3.63) is 83.2 Å². The minimum absolute atomic E-state index is 0.0350. The molecule has 1 atom stereocenters. The van der Waals surface area contributed by atoms with Crippen LogP contribution >= 0.6 is 0 Å². The Morgan fingerprint density at radius 3 is 2.53 bits per heavy atom. The first-order valence-electron chi connectivity index (χ1n) is 12.3. The highest BCUT2D eigenvalue weighted by Gasteiger charge is 2.40. The van der Waals surface area contributed by atoms with Gasteiger partial charge in [0, 0.05) is 31.8 Å². The van der Waals surface area contributed by atoms with Crippen molar-refractivity contribution < 1.29 is 23.4 Å². The molecule has 1 aromatic carbocycles. The first kappa shape index (κ1) is 27.0. The number of nitrogens with zero attached hydrogens (tertiary/aromatic N) is 4. The first-order chi connectivity index (χ1) is 18.1. The number of pyridine rings is 2. The van der Waals surface area contributed by atoms with Crippen molar-refractivity contribution in [2.75, 3.05) is 25.0 Å². The Bertz CT molecular complexity index is 1300. The predicted octanol–water partition coefficient (Wildman–Crippen LogP) is 2.67. The normalized spacial score (nSPS) is 16.1. The van der Waals surface area contributed by atoms with Gasteiger partial charge in [-0.15, -0.1) is 0 Å². The summed E-state index contributed by atoms with van der Waals surface area (Å²) in [6, 6.07) is 11.5. The fraction of sp³-hybridized carbons (Fsp3) is 0.333. The number of nitrogens with one attached hydrogen (secondary N) is 1. The molecule has 4 rings (SSSR count). The van der Waals surface area contributed by atoms with Gasteiger partial charge in [0.25, 0.3) is 5.91 Å². The maximum Gasteiger partial charge on any atom is 0.254 e. The predicted molar refractivity (Wildman–Crippen MR) is 139 cm³/mol. The number of nitrogens with two attached hydrogens (primary N) is 1. The summed E-state index contributed by atoms with van der Waals surface area (Å²) < 4.78 is 19.3. The maximum absolute atomic E-state index is 13.2. The zero-order valence-corrected chi connectivity index (χ0v) is 21.6. The van der Waals surface area contributed by atoms with Crippen LogP contribution in [0.25, 0.3) is 0 Å². The van der Waals surface area contributed by atoms with E-state index in [1.54, 1.807) is 17.0 Å². The Kier molecular flexibility index (Phi) is 7.88. The Morgan fingerprint density at radius 1 is 1.18 bits per heavy atom. The highest BCUT2D eigenvalue weighted by Crippen LogP contribution is 2.26. The molecule has 3 aromatic rings. The first-order valence-corrected chi connectivity index (χ1v) is 12.3. The number of carbonyl (C=O) groups excluding carboxylic acids is 2. The lowest BCUT2D eigenvalue weighted by molar-refractivity contribution is -0.614. The van der Waals surface area contributed by atoms with Crippen LogP contribution in [0.5, 0.6) is 11.5 Å². The van der Waals surface area contributed by atoms with Crippen molar-refractivity contribution >= 4 is 17.6 Å². The number of aromatic nitrogens is 2. The molecule has 1 aliphatic rings. The van der Waals surface area contributed by atoms with Crippen LogP contribution in [0.1, 0.15) is 36.8 Å². The van der Waals surface area contributed by atoms with Gasteiger partial charge in [0.05, 0.1) is 29.9 Å². The second-order valence-corrected chi connectivity index (χ2v) is 9.78. The van der Waals surface area contributed by atoms with E-state index in [1.165, 1.54) is 48.8 Å². The van der Waals surface area contributed by atoms with Gasteiger partial charge in [-0.25, -0.2) is 9.37 Å². The molecule has 0 unspecified atom stereocenters. The molecular formula is C27H31FN6O4. The number of benzene rings is 1. The summed E-state index contributed by atoms with van der Waals surface area (Å²) in [7, 11) is 0. The fourth-order valence-electron chi connectivity index (χ4n) is 4.42. The lowest BCUT2D eigenvalue weighted by Crippen LogP contribution is -2.63. The molecule has 11 heteroatoms. The number of anilines is 1. The second-order valence-electron chi connectivity index (χ2n) is 9.78. The summed E-state index contributed by atoms with van der Waals surface area (Å²) in [6.07, 6.45) is 2.77. The van der Waals surface area contributed by atoms with E-state index in [0.29, 0.717) is 52.9 Å². The smallest absolute Gasteiger partial charge is 0.254 e. The fourth-order valence-corrected chi connectivity index (χ4v) is 4.42. The lowest BCUT2D eigenvalue weighted by atomic mass is 9.96. The largest absolute Gasteiger partial charge is 0.618 e. The van der Waals surface area contributed by atoms with Crippen LogP contribution in [0.4, 0.5) is 10.2 Å². The van der Waals surface area contributed by atoms with E-state index in [-0.39, 0.29) is 24.2 Å². The van der Waals surface area contributed by atoms with Gasteiger partial charge >= 0.3 is 0 Å². The molecule has 0 bridgehead atoms. The molecule has 0 spiro atoms. The third-order valence-corrected chi connectivity index (χ3v) is 6.59. The molecule has 3 N–H and O–H groups in total. The van der Waals surface area contributed by atoms with E-state index in [9.17, 15) is 19.2 Å². The number of carbonyl (C=O) groups is 2. The molecule has 2 amide bonds. The molecule has 2 aromatic heterocycles. The lowest BCUT2D eigenvalue weighted by Gasteiger charge is -2.48. The minimum Gasteiger partial charge on any atom is -0.618 e. The van der Waals surface area contributed by atoms with Crippen molar-refractivity contribution in [3.8, 4) is 11.5 Å². The van der Waals surface area contributed by atoms with Crippen LogP contribution in [-0.2, 0) is 11.3 Å². The molecule has 1 fully saturated rings. The van der Waals surface area contributed by atoms with Crippen LogP contribution < -0.4 is 20.5 Å². The summed E-state index contributed by atoms with van der Waals surface area (Å²) in [5.74, 6) is 0.531. The number of hydrogen-bond acceptors (Lipinski definition) is 7. The summed E-state index contributed by atoms with van der Waals surface area (Å²) in [5.41, 5.74) is 5.78. The average molecular weight is 523 g/mol. The summed E-state index contributed by atoms with van der Waals surface area (Å²) in [6.45, 7) is 7.14. The highest BCUT2D eigenvalue weighted by molar-refractivity contribution is 5.95. The molecular weight excluding hydrogens is 491 g/mol. The van der Waals surface area contributed by atoms with E-state index in [1.807, 2.05) is 25.7 Å². The SMILES string of the molecule is C[C@@H](C(=O)Nc1ccc(Oc2ccc(F)cc2)cn1)N1CCN(C(=O)c2cc[n+]([O-])c(CN)c2)C(C)(C)C1. The zero-order chi connectivity index (χ0) is 27.4. The Balaban J connectivity index is 1.35. The molecule has 1 saturated heterocycles. The van der Waals surface area contributed by atoms with Gasteiger partial charge in [0.1, 0.15) is 23.1 Å². The van der Waals surface area contributed by atoms with Crippen LogP contribution in [0.2, 0.25) is 0 Å². The number of rotatable bonds is 7. The average Bonchev–Trinajstić information content (AvgIpc) is 2.90. The molecule has 0 radical (unpaired) electrons. The van der Waals surface area contributed by atoms with Gasteiger partial charge in [-0.3, -0.25) is 14.5 Å². The van der Waals surface area contributed by atoms with E-state index < -0.39 is 11.6 Å². The molecule has 200 valence electrons. The summed E-state index contributed by atoms with van der Waals surface area (Å²) in [5, 5.41) is 14.6. The monoisotopic (exact) mass is 522 g/mol. The Labute approximate surface area is 220 Å². The van der Waals surface area contributed by atoms with Crippen molar-refractivity contribution in [2.24, 2.45) is 5.73 Å². The standard InChI is InChI=1S/C27H31FN6O4/c1-18(25(35)31-24-9-8-23(16-30-24)38-22-6-4-20(28)5-7-22)32-12-13-33(27(2,3)17-32)26(36)19-10-11-34(37)21(14-19)15-29/h4-11,14,16,18H,12-13,15,17,29H2,1-3H3,(H,30,31,35)/t18-/m0/s1. The van der Waals surface area contributed by atoms with Crippen LogP contribution in [0.3, 0.4) is 0 Å². The van der Waals surface area contributed by atoms with Crippen molar-refractivity contribution in [2.45, 2.75) is 38.9 Å². The highest BCUT2D eigenvalue weighted by atomic mass is 19.1. The number of hydrogen-bond donors (Lipinski definition) is 2. The van der Waals surface area contributed by atoms with Gasteiger partial charge in [0.15, 0.2) is 6.20 Å². The van der Waals surface area contributed by atoms with E-state index in [2.05, 4.69) is 10.3 Å². The van der Waals surface area contributed by atoms with Crippen molar-refractivity contribution in [1.82, 2.24) is 14.8 Å². The van der Waals surface area contributed by atoms with Crippen LogP contribution in [0.15, 0.2) is 60.9 Å². The van der Waals surface area contributed by atoms with E-state index >= 15 is 0 Å². The van der Waals surface area contributed by atoms with Gasteiger partial charge in [0.2, 0.25) is 11.6 Å². The zero-order valence-electron chi connectivity index (χ0n) is 21.6. The van der Waals surface area contributed by atoms with Crippen molar-refractivity contribution in [3.63, 3.8) is 0 Å². The third-order valence-electron chi connectivity index (χ3n) is 6.59. The van der Waals surface area contributed by atoms with Gasteiger partial charge in [-0.1, -0.05) is 0 Å².